The van der Waals surface area contributed by atoms with Gasteiger partial charge in [0.05, 0.1) is 129 Å². The molecule has 2 aromatic carbocycles. The molecule has 0 spiro atoms. The summed E-state index contributed by atoms with van der Waals surface area (Å²) in [6.07, 6.45) is 6.81. The van der Waals surface area contributed by atoms with Crippen LogP contribution in [0.15, 0.2) is 36.4 Å². The van der Waals surface area contributed by atoms with Crippen molar-refractivity contribution in [3.05, 3.63) is 69.8 Å². The number of carboxylic acid groups (broad SMARTS) is 3. The largest absolute Gasteiger partial charge is 0.481 e. The smallest absolute Gasteiger partial charge is 0.306 e. The fourth-order valence-corrected chi connectivity index (χ4v) is 13.4. The zero-order valence-corrected chi connectivity index (χ0v) is 65.8. The van der Waals surface area contributed by atoms with Crippen LogP contribution in [0.2, 0.25) is 0 Å². The predicted octanol–water partition coefficient (Wildman–Crippen LogP) is 7.14. The number of rotatable bonds is 60. The first-order valence-corrected chi connectivity index (χ1v) is 39.8. The van der Waals surface area contributed by atoms with Gasteiger partial charge in [0, 0.05) is 82.8 Å². The number of benzene rings is 2. The summed E-state index contributed by atoms with van der Waals surface area (Å²) >= 11 is 1.34. The number of carbonyl (C=O) groups is 10. The summed E-state index contributed by atoms with van der Waals surface area (Å²) < 4.78 is 44.2. The van der Waals surface area contributed by atoms with Crippen molar-refractivity contribution in [2.75, 3.05) is 151 Å². The topological polar surface area (TPSA) is 397 Å². The number of amides is 5. The van der Waals surface area contributed by atoms with E-state index in [2.05, 4.69) is 73.1 Å². The van der Waals surface area contributed by atoms with Crippen LogP contribution in [-0.4, -0.2) is 236 Å². The molecule has 2 aromatic rings. The Hall–Kier alpha value is -6.31. The second-order valence-electron chi connectivity index (χ2n) is 28.3. The van der Waals surface area contributed by atoms with Crippen LogP contribution in [0.4, 0.5) is 0 Å². The maximum atomic E-state index is 14.4. The van der Waals surface area contributed by atoms with Gasteiger partial charge in [-0.05, 0) is 141 Å². The van der Waals surface area contributed by atoms with Gasteiger partial charge in [0.25, 0.3) is 0 Å². The van der Waals surface area contributed by atoms with Crippen molar-refractivity contribution in [1.29, 1.82) is 0 Å². The minimum absolute atomic E-state index is 0.00563. The van der Waals surface area contributed by atoms with E-state index in [-0.39, 0.29) is 176 Å². The molecule has 1 aliphatic carbocycles. The summed E-state index contributed by atoms with van der Waals surface area (Å²) in [5, 5.41) is 38.9. The van der Waals surface area contributed by atoms with E-state index in [0.717, 1.165) is 48.3 Å². The second-order valence-corrected chi connectivity index (χ2v) is 29.3. The van der Waals surface area contributed by atoms with Crippen LogP contribution in [0.3, 0.4) is 0 Å². The maximum Gasteiger partial charge on any atom is 0.306 e. The van der Waals surface area contributed by atoms with E-state index >= 15 is 0 Å². The number of carboxylic acids is 3. The summed E-state index contributed by atoms with van der Waals surface area (Å²) in [6, 6.07) is 12.7. The lowest BCUT2D eigenvalue weighted by Crippen LogP contribution is -2.37. The third-order valence-electron chi connectivity index (χ3n) is 19.0. The maximum absolute atomic E-state index is 14.4. The van der Waals surface area contributed by atoms with Gasteiger partial charge in [-0.1, -0.05) is 84.9 Å². The second kappa shape index (κ2) is 56.0. The molecule has 2 aliphatic rings. The number of hydrogen-bond donors (Lipinski definition) is 8. The average molecular weight is 1530 g/mol. The molecule has 1 fully saturated rings. The monoisotopic (exact) mass is 1530 g/mol. The number of hydrogen-bond acceptors (Lipinski definition) is 21. The number of aryl methyl sites for hydroxylation is 4. The van der Waals surface area contributed by atoms with Crippen molar-refractivity contribution in [3.63, 3.8) is 0 Å². The molecule has 606 valence electrons. The van der Waals surface area contributed by atoms with E-state index in [4.69, 9.17) is 49.4 Å². The number of likely N-dealkylation sites (tertiary alicyclic amines) is 1. The van der Waals surface area contributed by atoms with E-state index in [1.54, 1.807) is 13.2 Å². The summed E-state index contributed by atoms with van der Waals surface area (Å²) in [7, 11) is 0. The number of ether oxygens (including phenoxy) is 8. The van der Waals surface area contributed by atoms with E-state index in [9.17, 15) is 63.3 Å². The summed E-state index contributed by atoms with van der Waals surface area (Å²) in [5.41, 5.74) is 17.6. The summed E-state index contributed by atoms with van der Waals surface area (Å²) in [6.45, 7) is 19.8. The van der Waals surface area contributed by atoms with Crippen LogP contribution in [0.5, 0.6) is 0 Å². The van der Waals surface area contributed by atoms with Gasteiger partial charge in [-0.3, -0.25) is 52.8 Å². The van der Waals surface area contributed by atoms with Crippen molar-refractivity contribution in [2.24, 2.45) is 52.9 Å². The molecule has 10 N–H and O–H groups in total. The molecule has 107 heavy (non-hydrogen) atoms. The Kier molecular flexibility index (Phi) is 49.7. The Labute approximate surface area is 638 Å². The highest BCUT2D eigenvalue weighted by atomic mass is 32.2. The number of ketones is 2. The first-order valence-electron chi connectivity index (χ1n) is 38.5. The van der Waals surface area contributed by atoms with E-state index in [0.29, 0.717) is 105 Å². The number of aliphatic carboxylic acids is 3. The van der Waals surface area contributed by atoms with Crippen LogP contribution in [0, 0.1) is 41.4 Å². The molecule has 0 aromatic heterocycles. The fraction of sp³-hybridized carbons (Fsp3) is 0.722. The normalized spacial score (nSPS) is 15.8. The molecule has 5 amide bonds. The highest BCUT2D eigenvalue weighted by molar-refractivity contribution is 8.00. The minimum atomic E-state index is -1.14. The van der Waals surface area contributed by atoms with Crippen molar-refractivity contribution < 1.29 is 101 Å². The third kappa shape index (κ3) is 39.2. The number of imide groups is 1. The van der Waals surface area contributed by atoms with E-state index < -0.39 is 59.3 Å². The Bertz CT molecular complexity index is 2970. The Morgan fingerprint density at radius 2 is 0.888 bits per heavy atom. The number of carbonyl (C=O) groups excluding carboxylic acids is 7. The summed E-state index contributed by atoms with van der Waals surface area (Å²) in [5.74, 6) is -9.94. The van der Waals surface area contributed by atoms with Crippen molar-refractivity contribution in [2.45, 2.75) is 175 Å². The van der Waals surface area contributed by atoms with E-state index in [1.807, 2.05) is 20.8 Å². The molecule has 28 heteroatoms. The van der Waals surface area contributed by atoms with Crippen LogP contribution in [0.25, 0.3) is 0 Å². The Morgan fingerprint density at radius 1 is 0.486 bits per heavy atom. The van der Waals surface area contributed by atoms with Crippen molar-refractivity contribution in [3.8, 4) is 0 Å². The first-order chi connectivity index (χ1) is 51.4. The molecule has 1 heterocycles. The number of fused-ring (bicyclic) bond motifs is 2. The molecule has 9 atom stereocenters. The van der Waals surface area contributed by atoms with E-state index in [1.165, 1.54) is 33.4 Å². The fourth-order valence-electron chi connectivity index (χ4n) is 12.8. The molecule has 1 aliphatic heterocycles. The third-order valence-corrected chi connectivity index (χ3v) is 19.9. The SMILES string of the molecule is CC(C)C.CCC(CC(CC(CC(C)c1ccc2c(c1)CCc1ccc(C(C)CC(CC(CC(CC)C(=O)NCCOCCOCCN)C(=O)O)C(=O)CNC(=O)CCOCCOCCOCCOCCCC(=O)CCN3C(=O)CC(SC)C3=O)cc1CC2)C(=O)NCCOCCOCCN)C(=O)O)C(=O)O. The molecule has 0 bridgehead atoms. The standard InChI is InChI=1S/C75H118N6O21S.C4H10/c1-6-53(70(86)78-22-29-99-35-33-97-27-20-76)43-63(74(91)92)47-61(66(83)50-80-68(84)19-26-96-32-38-102-40-39-101-37-31-95-25-8-9-65(82)18-24-81-69(85)49-67(103-5)72(81)88)41-51(3)57-14-10-55-13-17-60-46-58(15-11-56(60)12-16-59(55)45-57)52(4)42-62(48-64(75(93)94)44-54(7-2)73(89)90)71(87)79-23-30-100-36-34-98-28-21-77;1-4(2)3/h10-11,14-15,45-46,51-54,61-64,67H,6-9,12-13,16-44,47-50,76-77H2,1-5H3,(H,78,86)(H,79,87)(H,80,84)(H,89,90)(H,91,92)(H,93,94);4H,1-3H3. The van der Waals surface area contributed by atoms with Gasteiger partial charge in [-0.15, -0.1) is 0 Å². The number of nitrogens with two attached hydrogens (primary N) is 2. The molecular weight excluding hydrogens is 1400 g/mol. The van der Waals surface area contributed by atoms with Gasteiger partial charge >= 0.3 is 17.9 Å². The highest BCUT2D eigenvalue weighted by Crippen LogP contribution is 2.36. The lowest BCUT2D eigenvalue weighted by Gasteiger charge is -2.26. The number of nitrogens with one attached hydrogen (secondary N) is 3. The van der Waals surface area contributed by atoms with Gasteiger partial charge in [-0.25, -0.2) is 0 Å². The Morgan fingerprint density at radius 3 is 1.34 bits per heavy atom. The van der Waals surface area contributed by atoms with Gasteiger partial charge in [0.1, 0.15) is 5.78 Å². The predicted molar refractivity (Wildman–Crippen MR) is 408 cm³/mol. The molecule has 27 nitrogen and oxygen atoms in total. The van der Waals surface area contributed by atoms with Crippen LogP contribution < -0.4 is 27.4 Å². The van der Waals surface area contributed by atoms with Crippen molar-refractivity contribution >= 4 is 70.8 Å². The molecule has 0 radical (unpaired) electrons. The van der Waals surface area contributed by atoms with Crippen LogP contribution >= 0.6 is 11.8 Å². The number of thioether (sulfide) groups is 1. The van der Waals surface area contributed by atoms with Crippen molar-refractivity contribution in [1.82, 2.24) is 20.9 Å². The van der Waals surface area contributed by atoms with Gasteiger partial charge in [0.15, 0.2) is 5.78 Å². The zero-order valence-electron chi connectivity index (χ0n) is 65.0. The first kappa shape index (κ1) is 94.9. The van der Waals surface area contributed by atoms with Gasteiger partial charge in [0.2, 0.25) is 29.5 Å². The lowest BCUT2D eigenvalue weighted by atomic mass is 9.78. The van der Waals surface area contributed by atoms with Crippen LogP contribution in [0.1, 0.15) is 177 Å². The molecule has 9 unspecified atom stereocenters. The molecular formula is C79H128N6O21S. The minimum Gasteiger partial charge on any atom is -0.481 e. The molecule has 0 saturated carbocycles. The van der Waals surface area contributed by atoms with Crippen LogP contribution in [-0.2, 0) is 112 Å². The number of Topliss-reactive ketones (excluding diaryl/α,β-unsaturated/α-hetero) is 2. The molecule has 1 saturated heterocycles. The average Bonchev–Trinajstić information content (AvgIpc) is 1.44. The zero-order chi connectivity index (χ0) is 78.9. The lowest BCUT2D eigenvalue weighted by molar-refractivity contribution is -0.147. The Balaban J connectivity index is 0.00000723. The van der Waals surface area contributed by atoms with Gasteiger partial charge < -0.3 is 80.6 Å². The summed E-state index contributed by atoms with van der Waals surface area (Å²) in [4.78, 5) is 130. The highest BCUT2D eigenvalue weighted by Gasteiger charge is 2.38. The quantitative estimate of drug-likeness (QED) is 0.0241. The molecule has 4 rings (SSSR count). The number of nitrogens with zero attached hydrogens (tertiary/aromatic N) is 1. The van der Waals surface area contributed by atoms with Gasteiger partial charge in [-0.2, -0.15) is 11.8 Å².